The topological polar surface area (TPSA) is 94.9 Å². The molecule has 0 aliphatic carbocycles. The summed E-state index contributed by atoms with van der Waals surface area (Å²) in [6.07, 6.45) is 1.89. The standard InChI is InChI=1S/C25H31FN4O4S/c26-21-5-7-22(8-6-21)33-14-2-13-30-18-23-16-29(17-24(19-30)34-23)12-1-11-28-35(31,32)25-9-3-20(15-27)4-10-25/h3-10,23-24,28H,1-2,11-14,16-19H2. The number of fused-ring (bicyclic) bond motifs is 2. The minimum Gasteiger partial charge on any atom is -0.494 e. The van der Waals surface area contributed by atoms with Gasteiger partial charge in [-0.15, -0.1) is 0 Å². The van der Waals surface area contributed by atoms with Crippen LogP contribution in [0.15, 0.2) is 53.4 Å². The van der Waals surface area contributed by atoms with Crippen LogP contribution in [-0.4, -0.2) is 82.8 Å². The number of nitrogens with one attached hydrogen (secondary N) is 1. The van der Waals surface area contributed by atoms with E-state index in [0.717, 1.165) is 45.7 Å². The van der Waals surface area contributed by atoms with Gasteiger partial charge in [-0.3, -0.25) is 9.80 Å². The van der Waals surface area contributed by atoms with Crippen LogP contribution < -0.4 is 9.46 Å². The van der Waals surface area contributed by atoms with Crippen LogP contribution in [0.3, 0.4) is 0 Å². The summed E-state index contributed by atoms with van der Waals surface area (Å²) >= 11 is 0. The van der Waals surface area contributed by atoms with Gasteiger partial charge in [0.25, 0.3) is 0 Å². The number of hydrogen-bond acceptors (Lipinski definition) is 7. The van der Waals surface area contributed by atoms with Crippen molar-refractivity contribution >= 4 is 10.0 Å². The van der Waals surface area contributed by atoms with Gasteiger partial charge in [-0.2, -0.15) is 5.26 Å². The molecular formula is C25H31FN4O4S. The Kier molecular flexibility index (Phi) is 8.70. The molecule has 2 saturated heterocycles. The highest BCUT2D eigenvalue weighted by Gasteiger charge is 2.34. The number of benzene rings is 2. The molecule has 2 bridgehead atoms. The summed E-state index contributed by atoms with van der Waals surface area (Å²) in [6, 6.07) is 14.0. The zero-order valence-electron chi connectivity index (χ0n) is 19.6. The summed E-state index contributed by atoms with van der Waals surface area (Å²) in [4.78, 5) is 4.93. The maximum atomic E-state index is 13.0. The molecule has 0 spiro atoms. The number of nitrogens with zero attached hydrogens (tertiary/aromatic N) is 3. The van der Waals surface area contributed by atoms with E-state index in [4.69, 9.17) is 14.7 Å². The van der Waals surface area contributed by atoms with Crippen molar-refractivity contribution in [2.75, 3.05) is 52.4 Å². The number of sulfonamides is 1. The van der Waals surface area contributed by atoms with Gasteiger partial charge >= 0.3 is 0 Å². The first kappa shape index (κ1) is 25.5. The van der Waals surface area contributed by atoms with Crippen molar-refractivity contribution in [3.8, 4) is 11.8 Å². The van der Waals surface area contributed by atoms with Crippen LogP contribution in [0.2, 0.25) is 0 Å². The number of ether oxygens (including phenoxy) is 2. The third-order valence-electron chi connectivity index (χ3n) is 6.17. The van der Waals surface area contributed by atoms with Gasteiger partial charge < -0.3 is 9.47 Å². The Hall–Kier alpha value is -2.55. The summed E-state index contributed by atoms with van der Waals surface area (Å²) in [5, 5.41) is 8.85. The van der Waals surface area contributed by atoms with Gasteiger partial charge in [-0.05, 0) is 67.9 Å². The average Bonchev–Trinajstić information content (AvgIpc) is 2.85. The molecule has 2 aromatic carbocycles. The van der Waals surface area contributed by atoms with Crippen LogP contribution >= 0.6 is 0 Å². The normalized spacial score (nSPS) is 20.9. The second kappa shape index (κ2) is 11.9. The molecule has 0 saturated carbocycles. The smallest absolute Gasteiger partial charge is 0.240 e. The highest BCUT2D eigenvalue weighted by Crippen LogP contribution is 2.20. The molecule has 8 nitrogen and oxygen atoms in total. The third kappa shape index (κ3) is 7.46. The average molecular weight is 503 g/mol. The summed E-state index contributed by atoms with van der Waals surface area (Å²) in [5.74, 6) is 0.413. The summed E-state index contributed by atoms with van der Waals surface area (Å²) in [6.45, 7) is 6.08. The molecule has 35 heavy (non-hydrogen) atoms. The molecule has 2 atom stereocenters. The van der Waals surface area contributed by atoms with Crippen LogP contribution in [-0.2, 0) is 14.8 Å². The van der Waals surface area contributed by atoms with E-state index >= 15 is 0 Å². The number of morpholine rings is 2. The van der Waals surface area contributed by atoms with Gasteiger partial charge in [0.1, 0.15) is 11.6 Å². The maximum Gasteiger partial charge on any atom is 0.240 e. The van der Waals surface area contributed by atoms with Crippen molar-refractivity contribution in [3.63, 3.8) is 0 Å². The molecular weight excluding hydrogens is 471 g/mol. The molecule has 0 radical (unpaired) electrons. The Balaban J connectivity index is 1.13. The molecule has 0 aromatic heterocycles. The largest absolute Gasteiger partial charge is 0.494 e. The van der Waals surface area contributed by atoms with E-state index in [2.05, 4.69) is 14.5 Å². The summed E-state index contributed by atoms with van der Waals surface area (Å²) in [7, 11) is -3.58. The quantitative estimate of drug-likeness (QED) is 0.471. The summed E-state index contributed by atoms with van der Waals surface area (Å²) in [5.41, 5.74) is 0.429. The lowest BCUT2D eigenvalue weighted by molar-refractivity contribution is -0.138. The Morgan fingerprint density at radius 3 is 2.17 bits per heavy atom. The monoisotopic (exact) mass is 502 g/mol. The Bertz CT molecular complexity index is 1090. The molecule has 2 aliphatic heterocycles. The van der Waals surface area contributed by atoms with Crippen molar-refractivity contribution < 1.29 is 22.3 Å². The van der Waals surface area contributed by atoms with Crippen LogP contribution in [0, 0.1) is 17.1 Å². The van der Waals surface area contributed by atoms with Crippen molar-refractivity contribution in [2.24, 2.45) is 0 Å². The molecule has 1 N–H and O–H groups in total. The highest BCUT2D eigenvalue weighted by molar-refractivity contribution is 7.89. The lowest BCUT2D eigenvalue weighted by atomic mass is 10.1. The number of rotatable bonds is 11. The highest BCUT2D eigenvalue weighted by atomic mass is 32.2. The zero-order valence-corrected chi connectivity index (χ0v) is 20.4. The van der Waals surface area contributed by atoms with E-state index in [-0.39, 0.29) is 22.9 Å². The predicted octanol–water partition coefficient (Wildman–Crippen LogP) is 2.22. The number of halogens is 1. The SMILES string of the molecule is N#Cc1ccc(S(=O)(=O)NCCCN2CC3CN(CCCOc4ccc(F)cc4)CC(C2)O3)cc1. The molecule has 0 amide bonds. The van der Waals surface area contributed by atoms with Crippen LogP contribution in [0.25, 0.3) is 0 Å². The van der Waals surface area contributed by atoms with Gasteiger partial charge in [-0.1, -0.05) is 0 Å². The Morgan fingerprint density at radius 1 is 0.971 bits per heavy atom. The first-order valence-electron chi connectivity index (χ1n) is 11.9. The van der Waals surface area contributed by atoms with E-state index in [1.54, 1.807) is 12.1 Å². The van der Waals surface area contributed by atoms with E-state index < -0.39 is 10.0 Å². The molecule has 2 unspecified atom stereocenters. The van der Waals surface area contributed by atoms with Crippen molar-refractivity contribution in [2.45, 2.75) is 29.9 Å². The van der Waals surface area contributed by atoms with Gasteiger partial charge in [0.05, 0.1) is 35.3 Å². The van der Waals surface area contributed by atoms with Gasteiger partial charge in [-0.25, -0.2) is 17.5 Å². The first-order valence-corrected chi connectivity index (χ1v) is 13.4. The summed E-state index contributed by atoms with van der Waals surface area (Å²) < 4.78 is 52.3. The van der Waals surface area contributed by atoms with Gasteiger partial charge in [0.15, 0.2) is 0 Å². The third-order valence-corrected chi connectivity index (χ3v) is 7.65. The van der Waals surface area contributed by atoms with E-state index in [9.17, 15) is 12.8 Å². The first-order chi connectivity index (χ1) is 16.9. The molecule has 2 fully saturated rings. The maximum absolute atomic E-state index is 13.0. The second-order valence-corrected chi connectivity index (χ2v) is 10.7. The van der Waals surface area contributed by atoms with Crippen molar-refractivity contribution in [3.05, 3.63) is 59.9 Å². The van der Waals surface area contributed by atoms with Crippen LogP contribution in [0.1, 0.15) is 18.4 Å². The van der Waals surface area contributed by atoms with Crippen molar-refractivity contribution in [1.29, 1.82) is 5.26 Å². The van der Waals surface area contributed by atoms with E-state index in [0.29, 0.717) is 30.9 Å². The molecule has 10 heteroatoms. The minimum atomic E-state index is -3.58. The zero-order chi connectivity index (χ0) is 24.7. The Morgan fingerprint density at radius 2 is 1.57 bits per heavy atom. The number of nitriles is 1. The van der Waals surface area contributed by atoms with E-state index in [1.165, 1.54) is 36.4 Å². The second-order valence-electron chi connectivity index (χ2n) is 8.94. The Labute approximate surface area is 206 Å². The van der Waals surface area contributed by atoms with Gasteiger partial charge in [0.2, 0.25) is 10.0 Å². The van der Waals surface area contributed by atoms with Crippen LogP contribution in [0.5, 0.6) is 5.75 Å². The van der Waals surface area contributed by atoms with Crippen molar-refractivity contribution in [1.82, 2.24) is 14.5 Å². The predicted molar refractivity (Wildman–Crippen MR) is 129 cm³/mol. The lowest BCUT2D eigenvalue weighted by Crippen LogP contribution is -2.59. The fraction of sp³-hybridized carbons (Fsp3) is 0.480. The fourth-order valence-electron chi connectivity index (χ4n) is 4.54. The fourth-order valence-corrected chi connectivity index (χ4v) is 5.61. The number of hydrogen-bond donors (Lipinski definition) is 1. The van der Waals surface area contributed by atoms with Gasteiger partial charge in [0, 0.05) is 39.3 Å². The molecule has 2 aromatic rings. The lowest BCUT2D eigenvalue weighted by Gasteiger charge is -2.46. The minimum absolute atomic E-state index is 0.149. The molecule has 2 aliphatic rings. The molecule has 2 heterocycles. The van der Waals surface area contributed by atoms with Crippen LogP contribution in [0.4, 0.5) is 4.39 Å². The molecule has 188 valence electrons. The molecule has 4 rings (SSSR count). The van der Waals surface area contributed by atoms with E-state index in [1.807, 2.05) is 6.07 Å².